The van der Waals surface area contributed by atoms with Gasteiger partial charge in [0.15, 0.2) is 5.78 Å². The Labute approximate surface area is 107 Å². The summed E-state index contributed by atoms with van der Waals surface area (Å²) in [5, 5.41) is 10.5. The van der Waals surface area contributed by atoms with Crippen molar-refractivity contribution in [1.82, 2.24) is 0 Å². The number of ketones is 1. The fourth-order valence-corrected chi connectivity index (χ4v) is 2.16. The van der Waals surface area contributed by atoms with E-state index in [0.717, 1.165) is 0 Å². The Morgan fingerprint density at radius 1 is 1.11 bits per heavy atom. The zero-order chi connectivity index (χ0) is 13.6. The van der Waals surface area contributed by atoms with Gasteiger partial charge in [-0.1, -0.05) is 12.1 Å². The van der Waals surface area contributed by atoms with Crippen LogP contribution in [0.4, 0.5) is 0 Å². The summed E-state index contributed by atoms with van der Waals surface area (Å²) in [6, 6.07) is 9.78. The lowest BCUT2D eigenvalue weighted by atomic mass is 10.1. The first-order valence-corrected chi connectivity index (χ1v) is 5.78. The third-order valence-corrected chi connectivity index (χ3v) is 3.10. The Hall–Kier alpha value is -2.62. The van der Waals surface area contributed by atoms with Crippen LogP contribution in [0.1, 0.15) is 17.3 Å². The quantitative estimate of drug-likeness (QED) is 0.535. The molecule has 4 nitrogen and oxygen atoms in total. The lowest BCUT2D eigenvalue weighted by Crippen LogP contribution is -2.04. The van der Waals surface area contributed by atoms with Crippen molar-refractivity contribution in [3.05, 3.63) is 52.2 Å². The molecule has 0 amide bonds. The van der Waals surface area contributed by atoms with Gasteiger partial charge in [0, 0.05) is 0 Å². The zero-order valence-electron chi connectivity index (χ0n) is 10.1. The maximum Gasteiger partial charge on any atom is 0.204 e. The molecule has 0 atom stereocenters. The molecule has 1 N–H and O–H groups in total. The first-order chi connectivity index (χ1) is 9.09. The highest BCUT2D eigenvalue weighted by molar-refractivity contribution is 6.04. The fraction of sp³-hybridized carbons (Fsp3) is 0.0667. The van der Waals surface area contributed by atoms with Gasteiger partial charge in [-0.15, -0.1) is 0 Å². The van der Waals surface area contributed by atoms with E-state index in [-0.39, 0.29) is 33.5 Å². The van der Waals surface area contributed by atoms with Gasteiger partial charge in [0.25, 0.3) is 0 Å². The summed E-state index contributed by atoms with van der Waals surface area (Å²) in [5.74, 6) is -0.614. The molecule has 0 radical (unpaired) electrons. The van der Waals surface area contributed by atoms with Crippen LogP contribution < -0.4 is 5.43 Å². The maximum atomic E-state index is 12.4. The largest absolute Gasteiger partial charge is 0.506 e. The van der Waals surface area contributed by atoms with E-state index >= 15 is 0 Å². The van der Waals surface area contributed by atoms with Crippen LogP contribution >= 0.6 is 0 Å². The molecule has 0 saturated heterocycles. The van der Waals surface area contributed by atoms with Gasteiger partial charge in [-0.3, -0.25) is 9.59 Å². The summed E-state index contributed by atoms with van der Waals surface area (Å²) in [6.45, 7) is 1.34. The van der Waals surface area contributed by atoms with Crippen LogP contribution in [-0.2, 0) is 0 Å². The van der Waals surface area contributed by atoms with Gasteiger partial charge < -0.3 is 9.52 Å². The van der Waals surface area contributed by atoms with Crippen molar-refractivity contribution in [2.45, 2.75) is 6.92 Å². The second-order valence-electron chi connectivity index (χ2n) is 4.32. The lowest BCUT2D eigenvalue weighted by molar-refractivity contribution is 0.101. The van der Waals surface area contributed by atoms with Crippen molar-refractivity contribution in [3.8, 4) is 5.75 Å². The monoisotopic (exact) mass is 254 g/mol. The molecule has 0 saturated carbocycles. The molecule has 4 heteroatoms. The first-order valence-electron chi connectivity index (χ1n) is 5.78. The van der Waals surface area contributed by atoms with Crippen molar-refractivity contribution in [2.24, 2.45) is 0 Å². The van der Waals surface area contributed by atoms with Crippen molar-refractivity contribution in [1.29, 1.82) is 0 Å². The number of phenols is 1. The minimum absolute atomic E-state index is 0.0476. The van der Waals surface area contributed by atoms with E-state index in [2.05, 4.69) is 0 Å². The van der Waals surface area contributed by atoms with E-state index in [0.29, 0.717) is 11.0 Å². The van der Waals surface area contributed by atoms with Gasteiger partial charge in [0.05, 0.1) is 10.9 Å². The molecule has 0 aliphatic heterocycles. The number of para-hydroxylation sites is 1. The minimum atomic E-state index is -0.336. The molecular weight excluding hydrogens is 244 g/mol. The SMILES string of the molecule is CC(=O)c1ccc2oc3ccccc3c(=O)c2c1O. The van der Waals surface area contributed by atoms with Gasteiger partial charge >= 0.3 is 0 Å². The smallest absolute Gasteiger partial charge is 0.204 e. The number of carbonyl (C=O) groups is 1. The Bertz CT molecular complexity index is 874. The summed E-state index contributed by atoms with van der Waals surface area (Å²) < 4.78 is 5.57. The summed E-state index contributed by atoms with van der Waals surface area (Å²) in [6.07, 6.45) is 0. The molecule has 0 spiro atoms. The molecule has 0 aliphatic carbocycles. The summed E-state index contributed by atoms with van der Waals surface area (Å²) >= 11 is 0. The molecule has 0 fully saturated rings. The third-order valence-electron chi connectivity index (χ3n) is 3.10. The topological polar surface area (TPSA) is 67.5 Å². The van der Waals surface area contributed by atoms with Crippen LogP contribution in [0.25, 0.3) is 21.9 Å². The second kappa shape index (κ2) is 3.95. The third kappa shape index (κ3) is 1.61. The summed E-state index contributed by atoms with van der Waals surface area (Å²) in [5.41, 5.74) is 0.508. The fourth-order valence-electron chi connectivity index (χ4n) is 2.16. The highest BCUT2D eigenvalue weighted by Crippen LogP contribution is 2.28. The van der Waals surface area contributed by atoms with Gasteiger partial charge in [-0.2, -0.15) is 0 Å². The van der Waals surface area contributed by atoms with Crippen molar-refractivity contribution >= 4 is 27.7 Å². The van der Waals surface area contributed by atoms with Gasteiger partial charge in [-0.25, -0.2) is 0 Å². The Balaban J connectivity index is 2.57. The highest BCUT2D eigenvalue weighted by atomic mass is 16.3. The van der Waals surface area contributed by atoms with Crippen LogP contribution in [0.3, 0.4) is 0 Å². The van der Waals surface area contributed by atoms with E-state index in [1.807, 2.05) is 0 Å². The summed E-state index contributed by atoms with van der Waals surface area (Å²) in [4.78, 5) is 23.7. The van der Waals surface area contributed by atoms with Crippen molar-refractivity contribution < 1.29 is 14.3 Å². The number of phenolic OH excluding ortho intramolecular Hbond substituents is 1. The van der Waals surface area contributed by atoms with Crippen LogP contribution in [0.5, 0.6) is 5.75 Å². The molecule has 1 heterocycles. The number of rotatable bonds is 1. The predicted octanol–water partition coefficient (Wildman–Crippen LogP) is 2.85. The predicted molar refractivity (Wildman–Crippen MR) is 71.7 cm³/mol. The minimum Gasteiger partial charge on any atom is -0.506 e. The van der Waals surface area contributed by atoms with E-state index in [4.69, 9.17) is 4.42 Å². The molecule has 0 bridgehead atoms. The molecule has 0 unspecified atom stereocenters. The van der Waals surface area contributed by atoms with Crippen LogP contribution in [0.15, 0.2) is 45.6 Å². The average Bonchev–Trinajstić information content (AvgIpc) is 2.38. The molecule has 94 valence electrons. The number of aromatic hydroxyl groups is 1. The van der Waals surface area contributed by atoms with E-state index in [1.54, 1.807) is 24.3 Å². The van der Waals surface area contributed by atoms with Crippen LogP contribution in [0.2, 0.25) is 0 Å². The number of hydrogen-bond donors (Lipinski definition) is 1. The molecule has 3 aromatic rings. The van der Waals surface area contributed by atoms with E-state index < -0.39 is 0 Å². The van der Waals surface area contributed by atoms with Gasteiger partial charge in [0.1, 0.15) is 22.3 Å². The molecule has 2 aromatic carbocycles. The normalized spacial score (nSPS) is 11.0. The van der Waals surface area contributed by atoms with Crippen molar-refractivity contribution in [3.63, 3.8) is 0 Å². The number of benzene rings is 2. The van der Waals surface area contributed by atoms with Gasteiger partial charge in [0.2, 0.25) is 5.43 Å². The Morgan fingerprint density at radius 2 is 1.84 bits per heavy atom. The Kier molecular flexibility index (Phi) is 2.38. The van der Waals surface area contributed by atoms with Crippen LogP contribution in [-0.4, -0.2) is 10.9 Å². The second-order valence-corrected chi connectivity index (χ2v) is 4.32. The highest BCUT2D eigenvalue weighted by Gasteiger charge is 2.16. The van der Waals surface area contributed by atoms with E-state index in [1.165, 1.54) is 19.1 Å². The average molecular weight is 254 g/mol. The van der Waals surface area contributed by atoms with Gasteiger partial charge in [-0.05, 0) is 31.2 Å². The molecule has 1 aromatic heterocycles. The number of fused-ring (bicyclic) bond motifs is 2. The van der Waals surface area contributed by atoms with E-state index in [9.17, 15) is 14.7 Å². The maximum absolute atomic E-state index is 12.4. The molecule has 3 rings (SSSR count). The summed E-state index contributed by atoms with van der Waals surface area (Å²) in [7, 11) is 0. The zero-order valence-corrected chi connectivity index (χ0v) is 10.1. The number of Topliss-reactive ketones (excluding diaryl/α,β-unsaturated/α-hetero) is 1. The molecule has 19 heavy (non-hydrogen) atoms. The first kappa shape index (κ1) is 11.5. The molecule has 0 aliphatic rings. The number of hydrogen-bond acceptors (Lipinski definition) is 4. The van der Waals surface area contributed by atoms with Crippen LogP contribution in [0, 0.1) is 0 Å². The van der Waals surface area contributed by atoms with Crippen molar-refractivity contribution in [2.75, 3.05) is 0 Å². The number of carbonyl (C=O) groups excluding carboxylic acids is 1. The molecular formula is C15H10O4. The standard InChI is InChI=1S/C15H10O4/c1-8(16)9-6-7-12-13(14(9)17)15(18)10-4-2-3-5-11(10)19-12/h2-7,17H,1H3. The Morgan fingerprint density at radius 3 is 2.58 bits per heavy atom. The lowest BCUT2D eigenvalue weighted by Gasteiger charge is -2.05.